The van der Waals surface area contributed by atoms with Crippen LogP contribution in [0.5, 0.6) is 0 Å². The SMILES string of the molecule is Cc1ccc(C(=O)NC(=S)Nc2ccc(-c3nc4cc(C)c(C)cc4o3)cc2)c(C)c1. The summed E-state index contributed by atoms with van der Waals surface area (Å²) in [5.41, 5.74) is 8.22. The van der Waals surface area contributed by atoms with E-state index in [9.17, 15) is 4.79 Å². The average molecular weight is 430 g/mol. The Morgan fingerprint density at radius 2 is 1.61 bits per heavy atom. The lowest BCUT2D eigenvalue weighted by molar-refractivity contribution is 0.0977. The average Bonchev–Trinajstić information content (AvgIpc) is 3.11. The number of benzene rings is 3. The third-order valence-corrected chi connectivity index (χ3v) is 5.45. The van der Waals surface area contributed by atoms with Gasteiger partial charge in [-0.15, -0.1) is 0 Å². The highest BCUT2D eigenvalue weighted by Crippen LogP contribution is 2.27. The van der Waals surface area contributed by atoms with Crippen molar-refractivity contribution in [2.75, 3.05) is 5.32 Å². The molecule has 1 heterocycles. The van der Waals surface area contributed by atoms with Gasteiger partial charge in [0.05, 0.1) is 0 Å². The molecule has 0 aliphatic heterocycles. The molecule has 0 aliphatic carbocycles. The lowest BCUT2D eigenvalue weighted by atomic mass is 10.1. The monoisotopic (exact) mass is 429 g/mol. The van der Waals surface area contributed by atoms with Crippen molar-refractivity contribution in [1.29, 1.82) is 0 Å². The number of hydrogen-bond acceptors (Lipinski definition) is 4. The van der Waals surface area contributed by atoms with Crippen LogP contribution in [0.2, 0.25) is 0 Å². The minimum Gasteiger partial charge on any atom is -0.436 e. The van der Waals surface area contributed by atoms with Gasteiger partial charge in [-0.3, -0.25) is 10.1 Å². The molecular weight excluding hydrogens is 406 g/mol. The molecule has 1 amide bonds. The third-order valence-electron chi connectivity index (χ3n) is 5.25. The topological polar surface area (TPSA) is 67.2 Å². The predicted octanol–water partition coefficient (Wildman–Crippen LogP) is 5.86. The Morgan fingerprint density at radius 3 is 2.32 bits per heavy atom. The molecule has 5 nitrogen and oxygen atoms in total. The molecule has 0 atom stereocenters. The van der Waals surface area contributed by atoms with Crippen molar-refractivity contribution in [3.8, 4) is 11.5 Å². The van der Waals surface area contributed by atoms with E-state index < -0.39 is 0 Å². The molecule has 31 heavy (non-hydrogen) atoms. The zero-order chi connectivity index (χ0) is 22.1. The molecule has 6 heteroatoms. The normalized spacial score (nSPS) is 10.8. The summed E-state index contributed by atoms with van der Waals surface area (Å²) < 4.78 is 5.92. The summed E-state index contributed by atoms with van der Waals surface area (Å²) in [6, 6.07) is 17.3. The van der Waals surface area contributed by atoms with Crippen LogP contribution in [-0.2, 0) is 0 Å². The van der Waals surface area contributed by atoms with Crippen LogP contribution in [0.15, 0.2) is 59.0 Å². The summed E-state index contributed by atoms with van der Waals surface area (Å²) in [5, 5.41) is 6.01. The van der Waals surface area contributed by atoms with Gasteiger partial charge in [-0.25, -0.2) is 4.98 Å². The van der Waals surface area contributed by atoms with Crippen LogP contribution in [0, 0.1) is 27.7 Å². The van der Waals surface area contributed by atoms with Gasteiger partial charge in [-0.05, 0) is 99.1 Å². The van der Waals surface area contributed by atoms with Gasteiger partial charge in [0.2, 0.25) is 5.89 Å². The smallest absolute Gasteiger partial charge is 0.257 e. The van der Waals surface area contributed by atoms with E-state index in [1.54, 1.807) is 6.07 Å². The van der Waals surface area contributed by atoms with Crippen molar-refractivity contribution in [3.63, 3.8) is 0 Å². The number of amides is 1. The van der Waals surface area contributed by atoms with Gasteiger partial charge in [-0.1, -0.05) is 17.7 Å². The molecule has 0 saturated carbocycles. The maximum atomic E-state index is 12.5. The largest absolute Gasteiger partial charge is 0.436 e. The number of rotatable bonds is 3. The number of aromatic nitrogens is 1. The Kier molecular flexibility index (Phi) is 5.57. The minimum atomic E-state index is -0.233. The molecule has 4 aromatic rings. The minimum absolute atomic E-state index is 0.233. The first kappa shape index (κ1) is 20.8. The molecule has 2 N–H and O–H groups in total. The number of hydrogen-bond donors (Lipinski definition) is 2. The van der Waals surface area contributed by atoms with Crippen LogP contribution in [0.1, 0.15) is 32.6 Å². The number of fused-ring (bicyclic) bond motifs is 1. The zero-order valence-corrected chi connectivity index (χ0v) is 18.7. The molecule has 0 fully saturated rings. The summed E-state index contributed by atoms with van der Waals surface area (Å²) in [5.74, 6) is 0.334. The second-order valence-corrected chi connectivity index (χ2v) is 8.14. The first-order chi connectivity index (χ1) is 14.8. The Balaban J connectivity index is 1.44. The molecule has 0 unspecified atom stereocenters. The number of aryl methyl sites for hydroxylation is 4. The standard InChI is InChI=1S/C25H23N3O2S/c1-14-5-10-20(17(4)11-14)23(29)28-25(31)26-19-8-6-18(7-9-19)24-27-21-12-15(2)16(3)13-22(21)30-24/h5-13H,1-4H3,(H2,26,28,29,31). The van der Waals surface area contributed by atoms with E-state index in [0.29, 0.717) is 11.5 Å². The van der Waals surface area contributed by atoms with Crippen LogP contribution in [0.4, 0.5) is 5.69 Å². The van der Waals surface area contributed by atoms with Crippen molar-refractivity contribution in [1.82, 2.24) is 10.3 Å². The van der Waals surface area contributed by atoms with E-state index in [1.165, 1.54) is 11.1 Å². The molecule has 0 bridgehead atoms. The Hall–Kier alpha value is -3.51. The van der Waals surface area contributed by atoms with E-state index in [-0.39, 0.29) is 11.0 Å². The van der Waals surface area contributed by atoms with Gasteiger partial charge < -0.3 is 9.73 Å². The van der Waals surface area contributed by atoms with Crippen LogP contribution in [0.3, 0.4) is 0 Å². The zero-order valence-electron chi connectivity index (χ0n) is 17.9. The van der Waals surface area contributed by atoms with Gasteiger partial charge in [0.1, 0.15) is 5.52 Å². The van der Waals surface area contributed by atoms with Gasteiger partial charge in [0, 0.05) is 16.8 Å². The lowest BCUT2D eigenvalue weighted by Crippen LogP contribution is -2.34. The van der Waals surface area contributed by atoms with Gasteiger partial charge in [0.15, 0.2) is 10.7 Å². The molecule has 0 spiro atoms. The highest BCUT2D eigenvalue weighted by molar-refractivity contribution is 7.80. The fraction of sp³-hybridized carbons (Fsp3) is 0.160. The maximum absolute atomic E-state index is 12.5. The first-order valence-electron chi connectivity index (χ1n) is 9.98. The summed E-state index contributed by atoms with van der Waals surface area (Å²) in [4.78, 5) is 17.1. The van der Waals surface area contributed by atoms with E-state index >= 15 is 0 Å². The molecular formula is C25H23N3O2S. The summed E-state index contributed by atoms with van der Waals surface area (Å²) in [7, 11) is 0. The van der Waals surface area contributed by atoms with E-state index in [4.69, 9.17) is 16.6 Å². The van der Waals surface area contributed by atoms with E-state index in [2.05, 4.69) is 29.5 Å². The quantitative estimate of drug-likeness (QED) is 0.400. The van der Waals surface area contributed by atoms with Crippen molar-refractivity contribution in [2.24, 2.45) is 0 Å². The molecule has 156 valence electrons. The molecule has 4 rings (SSSR count). The van der Waals surface area contributed by atoms with Crippen molar-refractivity contribution in [3.05, 3.63) is 82.4 Å². The Bertz CT molecular complexity index is 1270. The van der Waals surface area contributed by atoms with E-state index in [0.717, 1.165) is 33.5 Å². The second kappa shape index (κ2) is 8.32. The second-order valence-electron chi connectivity index (χ2n) is 7.73. The van der Waals surface area contributed by atoms with Crippen LogP contribution in [0.25, 0.3) is 22.6 Å². The lowest BCUT2D eigenvalue weighted by Gasteiger charge is -2.11. The van der Waals surface area contributed by atoms with Crippen molar-refractivity contribution >= 4 is 40.0 Å². The van der Waals surface area contributed by atoms with Crippen molar-refractivity contribution in [2.45, 2.75) is 27.7 Å². The Morgan fingerprint density at radius 1 is 0.903 bits per heavy atom. The molecule has 0 saturated heterocycles. The molecule has 0 radical (unpaired) electrons. The van der Waals surface area contributed by atoms with Gasteiger partial charge >= 0.3 is 0 Å². The van der Waals surface area contributed by atoms with E-state index in [1.807, 2.05) is 62.4 Å². The van der Waals surface area contributed by atoms with Gasteiger partial charge in [0.25, 0.3) is 5.91 Å². The number of nitrogens with one attached hydrogen (secondary N) is 2. The fourth-order valence-corrected chi connectivity index (χ4v) is 3.61. The van der Waals surface area contributed by atoms with Crippen LogP contribution >= 0.6 is 12.2 Å². The summed E-state index contributed by atoms with van der Waals surface area (Å²) in [6.45, 7) is 8.02. The fourth-order valence-electron chi connectivity index (χ4n) is 3.40. The predicted molar refractivity (Wildman–Crippen MR) is 129 cm³/mol. The number of nitrogens with zero attached hydrogens (tertiary/aromatic N) is 1. The third kappa shape index (κ3) is 4.49. The Labute approximate surface area is 186 Å². The highest BCUT2D eigenvalue weighted by atomic mass is 32.1. The van der Waals surface area contributed by atoms with Crippen LogP contribution in [-0.4, -0.2) is 16.0 Å². The van der Waals surface area contributed by atoms with Crippen molar-refractivity contribution < 1.29 is 9.21 Å². The number of carbonyl (C=O) groups excluding carboxylic acids is 1. The number of oxazole rings is 1. The summed E-state index contributed by atoms with van der Waals surface area (Å²) >= 11 is 5.30. The first-order valence-corrected chi connectivity index (χ1v) is 10.4. The summed E-state index contributed by atoms with van der Waals surface area (Å²) in [6.07, 6.45) is 0. The highest BCUT2D eigenvalue weighted by Gasteiger charge is 2.12. The molecule has 0 aliphatic rings. The number of anilines is 1. The molecule has 3 aromatic carbocycles. The molecule has 1 aromatic heterocycles. The number of thiocarbonyl (C=S) groups is 1. The number of carbonyl (C=O) groups is 1. The maximum Gasteiger partial charge on any atom is 0.257 e. The van der Waals surface area contributed by atoms with Crippen LogP contribution < -0.4 is 10.6 Å². The van der Waals surface area contributed by atoms with Gasteiger partial charge in [-0.2, -0.15) is 0 Å².